The van der Waals surface area contributed by atoms with Crippen LogP contribution in [0.5, 0.6) is 0 Å². The fourth-order valence-corrected chi connectivity index (χ4v) is 9.46. The molecule has 3 heterocycles. The quantitative estimate of drug-likeness (QED) is 0.184. The van der Waals surface area contributed by atoms with E-state index >= 15 is 0 Å². The zero-order chi connectivity index (χ0) is 35.3. The van der Waals surface area contributed by atoms with Crippen LogP contribution < -0.4 is 0 Å². The number of thiophene rings is 1. The maximum Gasteiger partial charge on any atom is 0.165 e. The molecule has 53 heavy (non-hydrogen) atoms. The lowest BCUT2D eigenvalue weighted by Gasteiger charge is -2.21. The molecule has 0 N–H and O–H groups in total. The number of hydrogen-bond acceptors (Lipinski definition) is 5. The highest BCUT2D eigenvalue weighted by atomic mass is 32.1. The van der Waals surface area contributed by atoms with E-state index < -0.39 is 0 Å². The summed E-state index contributed by atoms with van der Waals surface area (Å²) in [6.07, 6.45) is 0. The van der Waals surface area contributed by atoms with Crippen LogP contribution in [0.3, 0.4) is 0 Å². The van der Waals surface area contributed by atoms with Crippen molar-refractivity contribution >= 4 is 53.4 Å². The summed E-state index contributed by atoms with van der Waals surface area (Å²) < 4.78 is 8.95. The molecule has 3 aromatic heterocycles. The van der Waals surface area contributed by atoms with Crippen LogP contribution >= 0.6 is 11.3 Å². The molecule has 0 saturated carbocycles. The van der Waals surface area contributed by atoms with Gasteiger partial charge in [-0.05, 0) is 75.8 Å². The summed E-state index contributed by atoms with van der Waals surface area (Å²) >= 11 is 1.78. The molecule has 0 spiro atoms. The topological polar surface area (TPSA) is 51.8 Å². The van der Waals surface area contributed by atoms with Crippen molar-refractivity contribution in [3.05, 3.63) is 163 Å². The molecule has 11 rings (SSSR count). The third-order valence-electron chi connectivity index (χ3n) is 11.0. The molecule has 4 nitrogen and oxygen atoms in total. The molecule has 1 aliphatic carbocycles. The molecular formula is C48H31N3OS. The number of hydrogen-bond donors (Lipinski definition) is 0. The van der Waals surface area contributed by atoms with Gasteiger partial charge in [-0.25, -0.2) is 15.0 Å². The van der Waals surface area contributed by atoms with E-state index in [4.69, 9.17) is 19.4 Å². The van der Waals surface area contributed by atoms with Gasteiger partial charge in [0.05, 0.1) is 0 Å². The number of furan rings is 1. The van der Waals surface area contributed by atoms with Gasteiger partial charge in [-0.2, -0.15) is 0 Å². The summed E-state index contributed by atoms with van der Waals surface area (Å²) in [5.74, 6) is 1.91. The van der Waals surface area contributed by atoms with Gasteiger partial charge in [0.2, 0.25) is 0 Å². The first kappa shape index (κ1) is 30.2. The van der Waals surface area contributed by atoms with E-state index in [1.165, 1.54) is 42.4 Å². The molecule has 0 amide bonds. The molecule has 0 bridgehead atoms. The summed E-state index contributed by atoms with van der Waals surface area (Å²) in [7, 11) is 0. The van der Waals surface area contributed by atoms with Crippen molar-refractivity contribution in [1.82, 2.24) is 15.0 Å². The van der Waals surface area contributed by atoms with Crippen LogP contribution in [-0.2, 0) is 5.41 Å². The summed E-state index contributed by atoms with van der Waals surface area (Å²) in [5.41, 5.74) is 11.8. The van der Waals surface area contributed by atoms with Gasteiger partial charge in [-0.3, -0.25) is 0 Å². The standard InChI is InChI=1S/C48H31N3OS/c1-48(2)39-17-8-6-13-32(39)33-22-20-30(25-40(33)48)45-49-46(51-47(50-45)38-16-10-15-37-36-14-7-9-18-43(36)53-44(37)38)31-21-24-35-34-23-19-29(28-11-4-3-5-12-28)26-41(34)52-42(35)27-31/h3-27H,1-2H3. The van der Waals surface area contributed by atoms with Crippen LogP contribution in [0.1, 0.15) is 25.0 Å². The molecule has 0 unspecified atom stereocenters. The van der Waals surface area contributed by atoms with Crippen LogP contribution in [0, 0.1) is 0 Å². The minimum absolute atomic E-state index is 0.143. The molecule has 0 radical (unpaired) electrons. The molecule has 250 valence electrons. The maximum absolute atomic E-state index is 6.53. The Morgan fingerprint density at radius 1 is 0.434 bits per heavy atom. The largest absolute Gasteiger partial charge is 0.456 e. The smallest absolute Gasteiger partial charge is 0.165 e. The normalized spacial score (nSPS) is 13.2. The number of fused-ring (bicyclic) bond motifs is 9. The fraction of sp³-hybridized carbons (Fsp3) is 0.0625. The van der Waals surface area contributed by atoms with Gasteiger partial charge in [0.15, 0.2) is 17.5 Å². The van der Waals surface area contributed by atoms with E-state index in [0.717, 1.165) is 49.8 Å². The van der Waals surface area contributed by atoms with Crippen LogP contribution in [-0.4, -0.2) is 15.0 Å². The number of aromatic nitrogens is 3. The Kier molecular flexibility index (Phi) is 6.43. The van der Waals surface area contributed by atoms with Crippen molar-refractivity contribution in [3.63, 3.8) is 0 Å². The summed E-state index contributed by atoms with van der Waals surface area (Å²) in [6.45, 7) is 4.61. The second kappa shape index (κ2) is 11.3. The summed E-state index contributed by atoms with van der Waals surface area (Å²) in [6, 6.07) is 53.6. The lowest BCUT2D eigenvalue weighted by Crippen LogP contribution is -2.15. The van der Waals surface area contributed by atoms with Gasteiger partial charge in [0, 0.05) is 53.1 Å². The molecule has 0 fully saturated rings. The first-order valence-corrected chi connectivity index (χ1v) is 18.7. The third-order valence-corrected chi connectivity index (χ3v) is 12.2. The van der Waals surface area contributed by atoms with E-state index in [9.17, 15) is 0 Å². The SMILES string of the molecule is CC1(C)c2ccccc2-c2ccc(-c3nc(-c4ccc5c(c4)oc4cc(-c6ccccc6)ccc45)nc(-c4cccc5c4sc4ccccc45)n3)cc21. The number of rotatable bonds is 4. The maximum atomic E-state index is 6.53. The van der Waals surface area contributed by atoms with Crippen molar-refractivity contribution in [2.75, 3.05) is 0 Å². The average molecular weight is 698 g/mol. The van der Waals surface area contributed by atoms with Crippen molar-refractivity contribution in [3.8, 4) is 56.4 Å². The van der Waals surface area contributed by atoms with Gasteiger partial charge in [-0.1, -0.05) is 123 Å². The lowest BCUT2D eigenvalue weighted by atomic mass is 9.82. The van der Waals surface area contributed by atoms with Crippen LogP contribution in [0.25, 0.3) is 98.5 Å². The highest BCUT2D eigenvalue weighted by Gasteiger charge is 2.35. The second-order valence-electron chi connectivity index (χ2n) is 14.4. The van der Waals surface area contributed by atoms with E-state index in [1.807, 2.05) is 6.07 Å². The molecule has 7 aromatic carbocycles. The van der Waals surface area contributed by atoms with E-state index in [2.05, 4.69) is 159 Å². The molecule has 10 aromatic rings. The molecule has 0 saturated heterocycles. The first-order valence-electron chi connectivity index (χ1n) is 17.9. The summed E-state index contributed by atoms with van der Waals surface area (Å²) in [4.78, 5) is 15.6. The van der Waals surface area contributed by atoms with Crippen molar-refractivity contribution in [2.24, 2.45) is 0 Å². The summed E-state index contributed by atoms with van der Waals surface area (Å²) in [5, 5.41) is 4.60. The van der Waals surface area contributed by atoms with Gasteiger partial charge in [-0.15, -0.1) is 11.3 Å². The minimum atomic E-state index is -0.143. The van der Waals surface area contributed by atoms with Gasteiger partial charge in [0.1, 0.15) is 11.2 Å². The van der Waals surface area contributed by atoms with E-state index in [1.54, 1.807) is 11.3 Å². The minimum Gasteiger partial charge on any atom is -0.456 e. The number of benzene rings is 7. The Balaban J connectivity index is 1.10. The average Bonchev–Trinajstić information content (AvgIpc) is 3.85. The highest BCUT2D eigenvalue weighted by Crippen LogP contribution is 2.49. The van der Waals surface area contributed by atoms with Crippen molar-refractivity contribution in [2.45, 2.75) is 19.3 Å². The zero-order valence-corrected chi connectivity index (χ0v) is 29.9. The predicted molar refractivity (Wildman–Crippen MR) is 219 cm³/mol. The Morgan fingerprint density at radius 2 is 1.04 bits per heavy atom. The van der Waals surface area contributed by atoms with Crippen molar-refractivity contribution < 1.29 is 4.42 Å². The molecule has 5 heteroatoms. The van der Waals surface area contributed by atoms with Gasteiger partial charge in [0.25, 0.3) is 0 Å². The third kappa shape index (κ3) is 4.64. The zero-order valence-electron chi connectivity index (χ0n) is 29.1. The Morgan fingerprint density at radius 3 is 1.87 bits per heavy atom. The van der Waals surface area contributed by atoms with E-state index in [-0.39, 0.29) is 5.41 Å². The van der Waals surface area contributed by atoms with Gasteiger partial charge >= 0.3 is 0 Å². The number of nitrogens with zero attached hydrogens (tertiary/aromatic N) is 3. The first-order chi connectivity index (χ1) is 26.0. The lowest BCUT2D eigenvalue weighted by molar-refractivity contribution is 0.660. The Labute approximate surface area is 310 Å². The molecule has 1 aliphatic rings. The highest BCUT2D eigenvalue weighted by molar-refractivity contribution is 7.26. The molecule has 0 aliphatic heterocycles. The second-order valence-corrected chi connectivity index (χ2v) is 15.5. The Hall–Kier alpha value is -6.43. The van der Waals surface area contributed by atoms with Crippen LogP contribution in [0.2, 0.25) is 0 Å². The predicted octanol–water partition coefficient (Wildman–Crippen LogP) is 13.1. The van der Waals surface area contributed by atoms with Crippen LogP contribution in [0.4, 0.5) is 0 Å². The van der Waals surface area contributed by atoms with Gasteiger partial charge < -0.3 is 4.42 Å². The Bertz CT molecular complexity index is 3100. The fourth-order valence-electron chi connectivity index (χ4n) is 8.25. The van der Waals surface area contributed by atoms with Crippen molar-refractivity contribution in [1.29, 1.82) is 0 Å². The van der Waals surface area contributed by atoms with Crippen LogP contribution in [0.15, 0.2) is 156 Å². The molecule has 0 atom stereocenters. The van der Waals surface area contributed by atoms with E-state index in [0.29, 0.717) is 17.5 Å². The monoisotopic (exact) mass is 697 g/mol. The molecular weight excluding hydrogens is 667 g/mol.